The molecule has 0 saturated carbocycles. The van der Waals surface area contributed by atoms with Gasteiger partial charge in [0.1, 0.15) is 0 Å². The molecule has 0 spiro atoms. The Morgan fingerprint density at radius 1 is 1.14 bits per heavy atom. The van der Waals surface area contributed by atoms with Crippen LogP contribution in [0, 0.1) is 0 Å². The van der Waals surface area contributed by atoms with E-state index in [0.29, 0.717) is 32.8 Å². The Morgan fingerprint density at radius 2 is 1.89 bits per heavy atom. The van der Waals surface area contributed by atoms with E-state index < -0.39 is 11.1 Å². The molecule has 0 unspecified atom stereocenters. The average molecular weight is 438 g/mol. The lowest BCUT2D eigenvalue weighted by molar-refractivity contribution is -0.113. The number of benzene rings is 2. The van der Waals surface area contributed by atoms with Crippen molar-refractivity contribution < 1.29 is 19.1 Å². The van der Waals surface area contributed by atoms with Gasteiger partial charge in [-0.3, -0.25) is 9.59 Å². The van der Waals surface area contributed by atoms with E-state index in [-0.39, 0.29) is 11.0 Å². The molecule has 0 aromatic heterocycles. The van der Waals surface area contributed by atoms with Crippen LogP contribution in [0.5, 0.6) is 11.5 Å². The van der Waals surface area contributed by atoms with Crippen molar-refractivity contribution in [3.05, 3.63) is 56.9 Å². The zero-order chi connectivity index (χ0) is 20.4. The van der Waals surface area contributed by atoms with Crippen LogP contribution >= 0.6 is 35.0 Å². The molecule has 0 N–H and O–H groups in total. The Labute approximate surface area is 177 Å². The lowest BCUT2D eigenvalue weighted by Gasteiger charge is -2.15. The van der Waals surface area contributed by atoms with Crippen LogP contribution in [0.15, 0.2) is 41.3 Å². The topological polar surface area (TPSA) is 55.8 Å². The second-order valence-electron chi connectivity index (χ2n) is 6.20. The highest BCUT2D eigenvalue weighted by Crippen LogP contribution is 2.40. The third kappa shape index (κ3) is 4.29. The number of thioether (sulfide) groups is 1. The first-order valence-corrected chi connectivity index (χ1v) is 9.95. The van der Waals surface area contributed by atoms with Gasteiger partial charge in [-0.15, -0.1) is 0 Å². The number of hydrogen-bond acceptors (Lipinski definition) is 5. The largest absolute Gasteiger partial charge is 0.493 e. The molecule has 2 aromatic rings. The number of anilines is 1. The van der Waals surface area contributed by atoms with Crippen LogP contribution in [0.3, 0.4) is 0 Å². The number of imide groups is 1. The van der Waals surface area contributed by atoms with Gasteiger partial charge < -0.3 is 9.47 Å². The third-order valence-corrected chi connectivity index (χ3v) is 5.15. The van der Waals surface area contributed by atoms with Crippen molar-refractivity contribution >= 4 is 57.9 Å². The van der Waals surface area contributed by atoms with E-state index in [9.17, 15) is 9.59 Å². The first-order chi connectivity index (χ1) is 13.3. The number of carbonyl (C=O) groups excluding carboxylic acids is 2. The van der Waals surface area contributed by atoms with Gasteiger partial charge in [0, 0.05) is 5.02 Å². The summed E-state index contributed by atoms with van der Waals surface area (Å²) in [4.78, 5) is 26.5. The van der Waals surface area contributed by atoms with Crippen molar-refractivity contribution in [3.8, 4) is 11.5 Å². The zero-order valence-electron chi connectivity index (χ0n) is 15.4. The molecule has 0 aliphatic carbocycles. The first kappa shape index (κ1) is 20.6. The fraction of sp³-hybridized carbons (Fsp3) is 0.200. The Kier molecular flexibility index (Phi) is 6.23. The lowest BCUT2D eigenvalue weighted by Crippen LogP contribution is -2.27. The van der Waals surface area contributed by atoms with Crippen molar-refractivity contribution in [1.82, 2.24) is 0 Å². The molecule has 5 nitrogen and oxygen atoms in total. The van der Waals surface area contributed by atoms with Crippen LogP contribution < -0.4 is 14.4 Å². The fourth-order valence-corrected chi connectivity index (χ4v) is 3.92. The predicted octanol–water partition coefficient (Wildman–Crippen LogP) is 6.03. The molecule has 1 fully saturated rings. The minimum Gasteiger partial charge on any atom is -0.493 e. The Balaban J connectivity index is 1.95. The van der Waals surface area contributed by atoms with E-state index in [1.165, 1.54) is 7.11 Å². The number of halogens is 2. The summed E-state index contributed by atoms with van der Waals surface area (Å²) in [6.07, 6.45) is 1.52. The molecule has 146 valence electrons. The minimum absolute atomic E-state index is 0.0774. The van der Waals surface area contributed by atoms with Gasteiger partial charge in [0.15, 0.2) is 11.5 Å². The second kappa shape index (κ2) is 8.47. The molecule has 0 bridgehead atoms. The highest BCUT2D eigenvalue weighted by Gasteiger charge is 2.36. The molecule has 0 atom stereocenters. The maximum Gasteiger partial charge on any atom is 0.298 e. The average Bonchev–Trinajstić information content (AvgIpc) is 2.90. The molecule has 1 heterocycles. The minimum atomic E-state index is -0.421. The SMILES string of the molecule is COc1cc(/C=C2/SC(=O)N(c3cccc(Cl)c3)C2=O)cc(Cl)c1OC(C)C. The zero-order valence-corrected chi connectivity index (χ0v) is 17.7. The van der Waals surface area contributed by atoms with E-state index in [0.717, 1.165) is 16.7 Å². The molecule has 2 amide bonds. The van der Waals surface area contributed by atoms with Gasteiger partial charge in [0.05, 0.1) is 28.8 Å². The van der Waals surface area contributed by atoms with Gasteiger partial charge in [-0.05, 0) is 67.6 Å². The quantitative estimate of drug-likeness (QED) is 0.534. The summed E-state index contributed by atoms with van der Waals surface area (Å²) in [6, 6.07) is 9.95. The number of rotatable bonds is 5. The Bertz CT molecular complexity index is 975. The number of amides is 2. The van der Waals surface area contributed by atoms with Crippen LogP contribution in [-0.2, 0) is 4.79 Å². The predicted molar refractivity (Wildman–Crippen MR) is 114 cm³/mol. The maximum absolute atomic E-state index is 12.8. The van der Waals surface area contributed by atoms with E-state index in [4.69, 9.17) is 32.7 Å². The summed E-state index contributed by atoms with van der Waals surface area (Å²) in [6.45, 7) is 3.77. The van der Waals surface area contributed by atoms with Crippen molar-refractivity contribution in [2.75, 3.05) is 12.0 Å². The Hall–Kier alpha value is -2.15. The number of carbonyl (C=O) groups is 2. The number of ether oxygens (including phenoxy) is 2. The van der Waals surface area contributed by atoms with Crippen LogP contribution in [-0.4, -0.2) is 24.4 Å². The van der Waals surface area contributed by atoms with Crippen LogP contribution in [0.25, 0.3) is 6.08 Å². The second-order valence-corrected chi connectivity index (χ2v) is 8.03. The summed E-state index contributed by atoms with van der Waals surface area (Å²) < 4.78 is 11.1. The summed E-state index contributed by atoms with van der Waals surface area (Å²) in [5, 5.41) is 0.405. The van der Waals surface area contributed by atoms with E-state index in [1.807, 2.05) is 13.8 Å². The molecular weight excluding hydrogens is 421 g/mol. The van der Waals surface area contributed by atoms with Crippen molar-refractivity contribution in [1.29, 1.82) is 0 Å². The van der Waals surface area contributed by atoms with Gasteiger partial charge in [-0.1, -0.05) is 29.3 Å². The van der Waals surface area contributed by atoms with Gasteiger partial charge in [0.25, 0.3) is 11.1 Å². The molecule has 8 heteroatoms. The van der Waals surface area contributed by atoms with Gasteiger partial charge in [-0.2, -0.15) is 0 Å². The van der Waals surface area contributed by atoms with Crippen LogP contribution in [0.1, 0.15) is 19.4 Å². The number of nitrogens with zero attached hydrogens (tertiary/aromatic N) is 1. The van der Waals surface area contributed by atoms with Gasteiger partial charge >= 0.3 is 0 Å². The lowest BCUT2D eigenvalue weighted by atomic mass is 10.1. The first-order valence-electron chi connectivity index (χ1n) is 8.38. The molecule has 28 heavy (non-hydrogen) atoms. The molecule has 1 saturated heterocycles. The van der Waals surface area contributed by atoms with E-state index in [2.05, 4.69) is 0 Å². The van der Waals surface area contributed by atoms with Crippen molar-refractivity contribution in [3.63, 3.8) is 0 Å². The molecule has 0 radical (unpaired) electrons. The third-order valence-electron chi connectivity index (χ3n) is 3.76. The standard InChI is InChI=1S/C20H17Cl2NO4S/c1-11(2)27-18-15(22)7-12(8-16(18)26-3)9-17-19(24)23(20(25)28-17)14-6-4-5-13(21)10-14/h4-11H,1-3H3/b17-9+. The van der Waals surface area contributed by atoms with Crippen LogP contribution in [0.2, 0.25) is 10.0 Å². The van der Waals surface area contributed by atoms with Crippen molar-refractivity contribution in [2.45, 2.75) is 20.0 Å². The Morgan fingerprint density at radius 3 is 2.54 bits per heavy atom. The molecular formula is C20H17Cl2NO4S. The number of hydrogen-bond donors (Lipinski definition) is 0. The van der Waals surface area contributed by atoms with Crippen molar-refractivity contribution in [2.24, 2.45) is 0 Å². The van der Waals surface area contributed by atoms with Gasteiger partial charge in [0.2, 0.25) is 0 Å². The summed E-state index contributed by atoms with van der Waals surface area (Å²) in [7, 11) is 1.51. The summed E-state index contributed by atoms with van der Waals surface area (Å²) >= 11 is 13.2. The van der Waals surface area contributed by atoms with E-state index in [1.54, 1.807) is 42.5 Å². The molecule has 1 aliphatic heterocycles. The fourth-order valence-electron chi connectivity index (χ4n) is 2.63. The van der Waals surface area contributed by atoms with Crippen LogP contribution in [0.4, 0.5) is 10.5 Å². The normalized spacial score (nSPS) is 15.6. The summed E-state index contributed by atoms with van der Waals surface area (Å²) in [5.74, 6) is 0.458. The van der Waals surface area contributed by atoms with Gasteiger partial charge in [-0.25, -0.2) is 4.90 Å². The molecule has 1 aliphatic rings. The summed E-state index contributed by atoms with van der Waals surface area (Å²) in [5.41, 5.74) is 1.05. The smallest absolute Gasteiger partial charge is 0.298 e. The highest BCUT2D eigenvalue weighted by molar-refractivity contribution is 8.19. The molecule has 3 rings (SSSR count). The van der Waals surface area contributed by atoms with E-state index >= 15 is 0 Å². The maximum atomic E-state index is 12.8. The molecule has 2 aromatic carbocycles. The number of methoxy groups -OCH3 is 1. The monoisotopic (exact) mass is 437 g/mol. The highest BCUT2D eigenvalue weighted by atomic mass is 35.5.